The second-order valence-electron chi connectivity index (χ2n) is 4.20. The highest BCUT2D eigenvalue weighted by Gasteiger charge is 2.16. The van der Waals surface area contributed by atoms with E-state index < -0.39 is 5.82 Å². The predicted molar refractivity (Wildman–Crippen MR) is 70.8 cm³/mol. The van der Waals surface area contributed by atoms with Crippen LogP contribution in [-0.4, -0.2) is 5.78 Å². The Balaban J connectivity index is 2.55. The summed E-state index contributed by atoms with van der Waals surface area (Å²) in [7, 11) is 0. The fraction of sp³-hybridized carbons (Fsp3) is 0.133. The minimum absolute atomic E-state index is 0.0104. The van der Waals surface area contributed by atoms with E-state index in [4.69, 9.17) is 11.6 Å². The Morgan fingerprint density at radius 1 is 1.11 bits per heavy atom. The topological polar surface area (TPSA) is 17.1 Å². The molecule has 0 spiro atoms. The quantitative estimate of drug-likeness (QED) is 0.737. The molecule has 0 saturated heterocycles. The van der Waals surface area contributed by atoms with Crippen molar-refractivity contribution in [2.75, 3.05) is 0 Å². The molecule has 2 rings (SSSR count). The van der Waals surface area contributed by atoms with Gasteiger partial charge in [-0.05, 0) is 43.2 Å². The molecule has 0 atom stereocenters. The van der Waals surface area contributed by atoms with Crippen molar-refractivity contribution < 1.29 is 9.18 Å². The lowest BCUT2D eigenvalue weighted by molar-refractivity contribution is 0.103. The summed E-state index contributed by atoms with van der Waals surface area (Å²) < 4.78 is 13.7. The van der Waals surface area contributed by atoms with Crippen LogP contribution in [0, 0.1) is 19.7 Å². The van der Waals surface area contributed by atoms with Gasteiger partial charge in [-0.2, -0.15) is 0 Å². The van der Waals surface area contributed by atoms with E-state index in [1.807, 2.05) is 19.9 Å². The maximum Gasteiger partial charge on any atom is 0.196 e. The fourth-order valence-electron chi connectivity index (χ4n) is 1.81. The number of rotatable bonds is 2. The fourth-order valence-corrected chi connectivity index (χ4v) is 1.99. The second-order valence-corrected chi connectivity index (χ2v) is 4.64. The van der Waals surface area contributed by atoms with Crippen LogP contribution in [0.3, 0.4) is 0 Å². The molecule has 1 nitrogen and oxygen atoms in total. The third-order valence-corrected chi connectivity index (χ3v) is 3.26. The first-order chi connectivity index (χ1) is 8.50. The summed E-state index contributed by atoms with van der Waals surface area (Å²) in [5.41, 5.74) is 2.39. The molecule has 0 aromatic heterocycles. The van der Waals surface area contributed by atoms with Crippen molar-refractivity contribution in [3.8, 4) is 0 Å². The number of carbonyl (C=O) groups is 1. The zero-order valence-electron chi connectivity index (χ0n) is 10.1. The van der Waals surface area contributed by atoms with Crippen LogP contribution in [0.5, 0.6) is 0 Å². The van der Waals surface area contributed by atoms with E-state index in [-0.39, 0.29) is 11.3 Å². The Hall–Kier alpha value is -1.67. The zero-order chi connectivity index (χ0) is 13.3. The van der Waals surface area contributed by atoms with Crippen LogP contribution in [0.1, 0.15) is 27.0 Å². The summed E-state index contributed by atoms with van der Waals surface area (Å²) in [5, 5.41) is 0.352. The van der Waals surface area contributed by atoms with E-state index in [1.165, 1.54) is 18.2 Å². The molecule has 0 saturated carbocycles. The number of carbonyl (C=O) groups excluding carboxylic acids is 1. The van der Waals surface area contributed by atoms with Gasteiger partial charge in [-0.15, -0.1) is 0 Å². The molecule has 18 heavy (non-hydrogen) atoms. The van der Waals surface area contributed by atoms with Gasteiger partial charge in [0, 0.05) is 10.6 Å². The molecule has 0 amide bonds. The number of hydrogen-bond acceptors (Lipinski definition) is 1. The molecule has 3 heteroatoms. The molecular formula is C15H12ClFO. The number of halogens is 2. The van der Waals surface area contributed by atoms with Gasteiger partial charge in [0.05, 0.1) is 5.56 Å². The van der Waals surface area contributed by atoms with Crippen LogP contribution in [0.15, 0.2) is 36.4 Å². The highest BCUT2D eigenvalue weighted by atomic mass is 35.5. The lowest BCUT2D eigenvalue weighted by Gasteiger charge is -2.08. The Morgan fingerprint density at radius 3 is 2.56 bits per heavy atom. The van der Waals surface area contributed by atoms with Gasteiger partial charge in [-0.3, -0.25) is 4.79 Å². The molecule has 0 aliphatic carbocycles. The second kappa shape index (κ2) is 4.91. The van der Waals surface area contributed by atoms with Gasteiger partial charge < -0.3 is 0 Å². The van der Waals surface area contributed by atoms with E-state index in [0.29, 0.717) is 10.6 Å². The molecule has 92 valence electrons. The van der Waals surface area contributed by atoms with E-state index in [9.17, 15) is 9.18 Å². The van der Waals surface area contributed by atoms with Crippen molar-refractivity contribution >= 4 is 17.4 Å². The minimum Gasteiger partial charge on any atom is -0.288 e. The highest BCUT2D eigenvalue weighted by Crippen LogP contribution is 2.21. The number of aryl methyl sites for hydroxylation is 1. The van der Waals surface area contributed by atoms with Gasteiger partial charge in [-0.25, -0.2) is 4.39 Å². The molecule has 0 bridgehead atoms. The summed E-state index contributed by atoms with van der Waals surface area (Å²) in [5.74, 6) is -0.887. The summed E-state index contributed by atoms with van der Waals surface area (Å²) in [6.45, 7) is 3.77. The summed E-state index contributed by atoms with van der Waals surface area (Å²) in [4.78, 5) is 12.3. The Labute approximate surface area is 110 Å². The molecule has 0 heterocycles. The van der Waals surface area contributed by atoms with Crippen molar-refractivity contribution in [1.82, 2.24) is 0 Å². The van der Waals surface area contributed by atoms with Crippen LogP contribution < -0.4 is 0 Å². The molecule has 0 N–H and O–H groups in total. The Kier molecular flexibility index (Phi) is 3.48. The van der Waals surface area contributed by atoms with Crippen LogP contribution in [0.25, 0.3) is 0 Å². The normalized spacial score (nSPS) is 10.4. The first-order valence-corrected chi connectivity index (χ1v) is 5.94. The van der Waals surface area contributed by atoms with Crippen LogP contribution in [-0.2, 0) is 0 Å². The van der Waals surface area contributed by atoms with Crippen molar-refractivity contribution in [2.45, 2.75) is 13.8 Å². The van der Waals surface area contributed by atoms with Crippen LogP contribution in [0.4, 0.5) is 4.39 Å². The highest BCUT2D eigenvalue weighted by molar-refractivity contribution is 6.31. The number of hydrogen-bond donors (Lipinski definition) is 0. The predicted octanol–water partition coefficient (Wildman–Crippen LogP) is 4.33. The summed E-state index contributed by atoms with van der Waals surface area (Å²) in [6, 6.07) is 9.40. The Morgan fingerprint density at radius 2 is 1.83 bits per heavy atom. The zero-order valence-corrected chi connectivity index (χ0v) is 10.9. The van der Waals surface area contributed by atoms with E-state index in [0.717, 1.165) is 11.1 Å². The van der Waals surface area contributed by atoms with E-state index >= 15 is 0 Å². The summed E-state index contributed by atoms with van der Waals surface area (Å²) >= 11 is 5.80. The first kappa shape index (κ1) is 12.8. The van der Waals surface area contributed by atoms with Gasteiger partial charge in [-0.1, -0.05) is 29.8 Å². The minimum atomic E-state index is -0.551. The third-order valence-electron chi connectivity index (χ3n) is 3.02. The molecule has 0 fully saturated rings. The van der Waals surface area contributed by atoms with Crippen LogP contribution in [0.2, 0.25) is 5.02 Å². The SMILES string of the molecule is Cc1cccc(C(=O)c2cc(Cl)ccc2F)c1C. The summed E-state index contributed by atoms with van der Waals surface area (Å²) in [6.07, 6.45) is 0. The smallest absolute Gasteiger partial charge is 0.196 e. The molecule has 0 unspecified atom stereocenters. The standard InChI is InChI=1S/C15H12ClFO/c1-9-4-3-5-12(10(9)2)15(18)13-8-11(16)6-7-14(13)17/h3-8H,1-2H3. The van der Waals surface area contributed by atoms with Gasteiger partial charge in [0.1, 0.15) is 5.82 Å². The lowest BCUT2D eigenvalue weighted by Crippen LogP contribution is -2.07. The maximum absolute atomic E-state index is 13.7. The van der Waals surface area contributed by atoms with E-state index in [2.05, 4.69) is 0 Å². The third kappa shape index (κ3) is 2.29. The van der Waals surface area contributed by atoms with Crippen LogP contribution >= 0.6 is 11.6 Å². The maximum atomic E-state index is 13.7. The monoisotopic (exact) mass is 262 g/mol. The Bertz CT molecular complexity index is 616. The molecule has 0 aliphatic heterocycles. The van der Waals surface area contributed by atoms with Crippen molar-refractivity contribution in [2.24, 2.45) is 0 Å². The van der Waals surface area contributed by atoms with E-state index in [1.54, 1.807) is 12.1 Å². The molecule has 0 aliphatic rings. The van der Waals surface area contributed by atoms with Crippen molar-refractivity contribution in [3.63, 3.8) is 0 Å². The number of benzene rings is 2. The molecular weight excluding hydrogens is 251 g/mol. The van der Waals surface area contributed by atoms with Gasteiger partial charge >= 0.3 is 0 Å². The average Bonchev–Trinajstić information content (AvgIpc) is 2.35. The largest absolute Gasteiger partial charge is 0.288 e. The molecule has 0 radical (unpaired) electrons. The molecule has 2 aromatic carbocycles. The molecule has 2 aromatic rings. The number of ketones is 1. The lowest BCUT2D eigenvalue weighted by atomic mass is 9.96. The average molecular weight is 263 g/mol. The van der Waals surface area contributed by atoms with Gasteiger partial charge in [0.25, 0.3) is 0 Å². The van der Waals surface area contributed by atoms with Gasteiger partial charge in [0.2, 0.25) is 0 Å². The van der Waals surface area contributed by atoms with Gasteiger partial charge in [0.15, 0.2) is 5.78 Å². The van der Waals surface area contributed by atoms with Crippen molar-refractivity contribution in [1.29, 1.82) is 0 Å². The van der Waals surface area contributed by atoms with Crippen molar-refractivity contribution in [3.05, 3.63) is 69.5 Å². The first-order valence-electron chi connectivity index (χ1n) is 5.56.